The van der Waals surface area contributed by atoms with Gasteiger partial charge in [0.25, 0.3) is 0 Å². The van der Waals surface area contributed by atoms with Crippen molar-refractivity contribution in [1.29, 1.82) is 0 Å². The SMILES string of the molecule is Cn1nc(-c2nn(C)c(=NCCBr)s2)sc1=NCCBr. The van der Waals surface area contributed by atoms with E-state index in [1.54, 1.807) is 32.0 Å². The van der Waals surface area contributed by atoms with Gasteiger partial charge >= 0.3 is 0 Å². The Morgan fingerprint density at radius 1 is 0.900 bits per heavy atom. The molecule has 0 radical (unpaired) electrons. The van der Waals surface area contributed by atoms with Crippen molar-refractivity contribution in [2.75, 3.05) is 23.7 Å². The molecule has 2 heterocycles. The zero-order chi connectivity index (χ0) is 14.5. The van der Waals surface area contributed by atoms with Gasteiger partial charge in [0.2, 0.25) is 9.60 Å². The summed E-state index contributed by atoms with van der Waals surface area (Å²) in [5, 5.41) is 12.4. The van der Waals surface area contributed by atoms with E-state index in [9.17, 15) is 0 Å². The lowest BCUT2D eigenvalue weighted by molar-refractivity contribution is 0.710. The van der Waals surface area contributed by atoms with E-state index >= 15 is 0 Å². The van der Waals surface area contributed by atoms with E-state index in [4.69, 9.17) is 0 Å². The highest BCUT2D eigenvalue weighted by molar-refractivity contribution is 9.09. The van der Waals surface area contributed by atoms with Gasteiger partial charge in [-0.15, -0.1) is 0 Å². The van der Waals surface area contributed by atoms with E-state index in [1.165, 1.54) is 0 Å². The maximum absolute atomic E-state index is 4.48. The Morgan fingerprint density at radius 2 is 1.30 bits per heavy atom. The van der Waals surface area contributed by atoms with Gasteiger partial charge in [-0.25, -0.2) is 9.36 Å². The van der Waals surface area contributed by atoms with Crippen LogP contribution in [0.4, 0.5) is 0 Å². The van der Waals surface area contributed by atoms with Crippen molar-refractivity contribution in [3.05, 3.63) is 9.60 Å². The van der Waals surface area contributed by atoms with Gasteiger partial charge in [-0.3, -0.25) is 9.98 Å². The van der Waals surface area contributed by atoms with Crippen LogP contribution in [0.25, 0.3) is 10.0 Å². The first-order chi connectivity index (χ1) is 9.65. The quantitative estimate of drug-likeness (QED) is 0.660. The van der Waals surface area contributed by atoms with Crippen LogP contribution in [0.1, 0.15) is 0 Å². The van der Waals surface area contributed by atoms with Crippen molar-refractivity contribution in [2.45, 2.75) is 0 Å². The Balaban J connectivity index is 2.38. The minimum Gasteiger partial charge on any atom is -0.257 e. The average molecular weight is 442 g/mol. The van der Waals surface area contributed by atoms with Gasteiger partial charge in [0.15, 0.2) is 10.0 Å². The minimum absolute atomic E-state index is 0.743. The predicted molar refractivity (Wildman–Crippen MR) is 89.6 cm³/mol. The summed E-state index contributed by atoms with van der Waals surface area (Å²) < 4.78 is 3.58. The van der Waals surface area contributed by atoms with Gasteiger partial charge in [-0.2, -0.15) is 10.2 Å². The Bertz CT molecular complexity index is 635. The molecule has 2 rings (SSSR count). The molecule has 0 N–H and O–H groups in total. The lowest BCUT2D eigenvalue weighted by Gasteiger charge is -1.87. The monoisotopic (exact) mass is 440 g/mol. The summed E-state index contributed by atoms with van der Waals surface area (Å²) in [4.78, 5) is 10.7. The first-order valence-electron chi connectivity index (χ1n) is 5.87. The molecule has 20 heavy (non-hydrogen) atoms. The second kappa shape index (κ2) is 7.62. The fraction of sp³-hybridized carbons (Fsp3) is 0.600. The third-order valence-corrected chi connectivity index (χ3v) is 5.18. The van der Waals surface area contributed by atoms with Crippen molar-refractivity contribution in [2.24, 2.45) is 24.1 Å². The molecule has 0 aliphatic heterocycles. The summed E-state index contributed by atoms with van der Waals surface area (Å²) in [6.07, 6.45) is 0. The Labute approximate surface area is 141 Å². The standard InChI is InChI=1S/C10H14Br2N6S2/c1-17-9(13-5-3-11)19-7(15-17)8-16-18(2)10(20-8)14-6-4-12/h3-6H2,1-2H3. The highest BCUT2D eigenvalue weighted by Crippen LogP contribution is 2.18. The highest BCUT2D eigenvalue weighted by Gasteiger charge is 2.10. The van der Waals surface area contributed by atoms with Gasteiger partial charge in [0.1, 0.15) is 0 Å². The number of nitrogens with zero attached hydrogens (tertiary/aromatic N) is 6. The number of alkyl halides is 2. The molecule has 0 aliphatic carbocycles. The van der Waals surface area contributed by atoms with Crippen LogP contribution in [-0.4, -0.2) is 43.3 Å². The Morgan fingerprint density at radius 3 is 1.65 bits per heavy atom. The van der Waals surface area contributed by atoms with E-state index in [2.05, 4.69) is 52.0 Å². The van der Waals surface area contributed by atoms with Crippen LogP contribution in [0.2, 0.25) is 0 Å². The fourth-order valence-corrected chi connectivity index (χ4v) is 3.61. The van der Waals surface area contributed by atoms with Crippen molar-refractivity contribution in [3.63, 3.8) is 0 Å². The van der Waals surface area contributed by atoms with E-state index in [1.807, 2.05) is 14.1 Å². The van der Waals surface area contributed by atoms with Crippen molar-refractivity contribution >= 4 is 54.5 Å². The summed E-state index contributed by atoms with van der Waals surface area (Å²) in [5.41, 5.74) is 0. The molecule has 0 fully saturated rings. The van der Waals surface area contributed by atoms with E-state index in [0.717, 1.165) is 43.4 Å². The summed E-state index contributed by atoms with van der Waals surface area (Å²) in [5.74, 6) is 0. The number of rotatable bonds is 5. The van der Waals surface area contributed by atoms with Gasteiger partial charge in [0, 0.05) is 24.8 Å². The lowest BCUT2D eigenvalue weighted by atomic mass is 10.8. The van der Waals surface area contributed by atoms with Crippen LogP contribution in [0.15, 0.2) is 9.98 Å². The number of hydrogen-bond donors (Lipinski definition) is 0. The molecular weight excluding hydrogens is 428 g/mol. The van der Waals surface area contributed by atoms with Crippen LogP contribution in [0.3, 0.4) is 0 Å². The molecule has 0 aliphatic rings. The number of hydrogen-bond acceptors (Lipinski definition) is 6. The summed E-state index contributed by atoms with van der Waals surface area (Å²) in [6, 6.07) is 0. The molecule has 0 bridgehead atoms. The molecule has 0 saturated carbocycles. The largest absolute Gasteiger partial charge is 0.257 e. The molecule has 10 heteroatoms. The van der Waals surface area contributed by atoms with Gasteiger partial charge in [0.05, 0.1) is 13.1 Å². The first-order valence-corrected chi connectivity index (χ1v) is 9.75. The second-order valence-corrected chi connectivity index (χ2v) is 7.27. The summed E-state index contributed by atoms with van der Waals surface area (Å²) in [6.45, 7) is 1.49. The maximum atomic E-state index is 4.48. The van der Waals surface area contributed by atoms with Gasteiger partial charge in [-0.1, -0.05) is 54.5 Å². The highest BCUT2D eigenvalue weighted by atomic mass is 79.9. The van der Waals surface area contributed by atoms with Crippen LogP contribution in [0.5, 0.6) is 0 Å². The van der Waals surface area contributed by atoms with Gasteiger partial charge < -0.3 is 0 Å². The van der Waals surface area contributed by atoms with Crippen molar-refractivity contribution in [3.8, 4) is 10.0 Å². The minimum atomic E-state index is 0.743. The second-order valence-electron chi connectivity index (χ2n) is 3.77. The van der Waals surface area contributed by atoms with E-state index in [0.29, 0.717) is 0 Å². The third kappa shape index (κ3) is 3.86. The molecule has 0 unspecified atom stereocenters. The molecule has 2 aromatic rings. The van der Waals surface area contributed by atoms with E-state index < -0.39 is 0 Å². The molecule has 6 nitrogen and oxygen atoms in total. The number of halogens is 2. The number of aromatic nitrogens is 4. The zero-order valence-electron chi connectivity index (χ0n) is 11.1. The lowest BCUT2D eigenvalue weighted by Crippen LogP contribution is -2.12. The molecule has 0 spiro atoms. The smallest absolute Gasteiger partial charge is 0.203 e. The van der Waals surface area contributed by atoms with Crippen LogP contribution in [0, 0.1) is 0 Å². The zero-order valence-corrected chi connectivity index (χ0v) is 15.9. The number of aryl methyl sites for hydroxylation is 2. The fourth-order valence-electron chi connectivity index (χ4n) is 1.42. The predicted octanol–water partition coefficient (Wildman–Crippen LogP) is 1.53. The summed E-state index contributed by atoms with van der Waals surface area (Å²) >= 11 is 9.84. The normalized spacial score (nSPS) is 13.4. The Kier molecular flexibility index (Phi) is 6.12. The molecule has 110 valence electrons. The molecular formula is C10H14Br2N6S2. The van der Waals surface area contributed by atoms with Crippen LogP contribution >= 0.6 is 54.5 Å². The average Bonchev–Trinajstić information content (AvgIpc) is 2.98. The molecule has 0 aromatic carbocycles. The molecule has 0 saturated heterocycles. The third-order valence-electron chi connectivity index (χ3n) is 2.26. The van der Waals surface area contributed by atoms with Crippen LogP contribution in [-0.2, 0) is 14.1 Å². The van der Waals surface area contributed by atoms with Crippen molar-refractivity contribution in [1.82, 2.24) is 19.6 Å². The van der Waals surface area contributed by atoms with Crippen LogP contribution < -0.4 is 9.60 Å². The Hall–Kier alpha value is -0.320. The molecule has 0 amide bonds. The summed E-state index contributed by atoms with van der Waals surface area (Å²) in [7, 11) is 3.80. The molecule has 0 atom stereocenters. The molecule has 2 aromatic heterocycles. The van der Waals surface area contributed by atoms with E-state index in [-0.39, 0.29) is 0 Å². The first kappa shape index (κ1) is 16.1. The maximum Gasteiger partial charge on any atom is 0.203 e. The topological polar surface area (TPSA) is 60.4 Å². The van der Waals surface area contributed by atoms with Gasteiger partial charge in [-0.05, 0) is 0 Å². The van der Waals surface area contributed by atoms with Crippen molar-refractivity contribution < 1.29 is 0 Å².